The van der Waals surface area contributed by atoms with Gasteiger partial charge >= 0.3 is 0 Å². The Balaban J connectivity index is 1.67. The molecule has 2 aromatic carbocycles. The standard InChI is InChI=1S/C20H21NO/c22-20-12-11-18(15-7-3-1-4-8-15)17(14-20)13-19(21-20)16-9-5-2-6-10-16/h1-10,17-18,22H,11-14H2/t17-,18+,20+/m1/s1. The van der Waals surface area contributed by atoms with Crippen molar-refractivity contribution in [1.82, 2.24) is 0 Å². The fraction of sp³-hybridized carbons (Fsp3) is 0.350. The average Bonchev–Trinajstić information content (AvgIpc) is 2.56. The van der Waals surface area contributed by atoms with E-state index in [0.29, 0.717) is 11.8 Å². The van der Waals surface area contributed by atoms with Crippen LogP contribution in [0.4, 0.5) is 0 Å². The van der Waals surface area contributed by atoms with Crippen LogP contribution in [0.15, 0.2) is 65.7 Å². The van der Waals surface area contributed by atoms with E-state index in [1.54, 1.807) is 0 Å². The maximum Gasteiger partial charge on any atom is 0.156 e. The van der Waals surface area contributed by atoms with Crippen molar-refractivity contribution >= 4 is 5.71 Å². The molecule has 2 aromatic rings. The Labute approximate surface area is 131 Å². The highest BCUT2D eigenvalue weighted by Gasteiger charge is 2.43. The number of fused-ring (bicyclic) bond motifs is 2. The molecule has 3 atom stereocenters. The quantitative estimate of drug-likeness (QED) is 0.885. The van der Waals surface area contributed by atoms with Crippen molar-refractivity contribution in [1.29, 1.82) is 0 Å². The lowest BCUT2D eigenvalue weighted by Gasteiger charge is -2.43. The van der Waals surface area contributed by atoms with E-state index in [9.17, 15) is 5.11 Å². The summed E-state index contributed by atoms with van der Waals surface area (Å²) in [5.74, 6) is 1.02. The molecule has 1 fully saturated rings. The molecule has 0 spiro atoms. The highest BCUT2D eigenvalue weighted by Crippen LogP contribution is 2.47. The van der Waals surface area contributed by atoms with E-state index < -0.39 is 5.72 Å². The number of hydrogen-bond acceptors (Lipinski definition) is 2. The van der Waals surface area contributed by atoms with Crippen molar-refractivity contribution in [2.24, 2.45) is 10.9 Å². The van der Waals surface area contributed by atoms with Crippen molar-refractivity contribution < 1.29 is 5.11 Å². The topological polar surface area (TPSA) is 32.6 Å². The molecule has 4 rings (SSSR count). The number of benzene rings is 2. The van der Waals surface area contributed by atoms with E-state index in [2.05, 4.69) is 42.5 Å². The number of hydrogen-bond donors (Lipinski definition) is 1. The van der Waals surface area contributed by atoms with Crippen molar-refractivity contribution in [3.8, 4) is 0 Å². The van der Waals surface area contributed by atoms with Crippen LogP contribution in [-0.4, -0.2) is 16.5 Å². The maximum absolute atomic E-state index is 10.8. The molecule has 0 saturated heterocycles. The van der Waals surface area contributed by atoms with Gasteiger partial charge in [-0.3, -0.25) is 4.99 Å². The lowest BCUT2D eigenvalue weighted by Crippen LogP contribution is -2.42. The third-order valence-corrected chi connectivity index (χ3v) is 5.15. The number of rotatable bonds is 2. The minimum Gasteiger partial charge on any atom is -0.369 e. The van der Waals surface area contributed by atoms with Crippen LogP contribution in [0, 0.1) is 5.92 Å². The van der Waals surface area contributed by atoms with Gasteiger partial charge in [0.2, 0.25) is 0 Å². The van der Waals surface area contributed by atoms with Crippen LogP contribution in [0.3, 0.4) is 0 Å². The third-order valence-electron chi connectivity index (χ3n) is 5.15. The summed E-state index contributed by atoms with van der Waals surface area (Å²) >= 11 is 0. The fourth-order valence-corrected chi connectivity index (χ4v) is 4.10. The van der Waals surface area contributed by atoms with Gasteiger partial charge < -0.3 is 5.11 Å². The van der Waals surface area contributed by atoms with Gasteiger partial charge in [0.1, 0.15) is 0 Å². The Morgan fingerprint density at radius 2 is 1.64 bits per heavy atom. The molecule has 0 amide bonds. The van der Waals surface area contributed by atoms with E-state index in [4.69, 9.17) is 4.99 Å². The van der Waals surface area contributed by atoms with Crippen molar-refractivity contribution in [3.63, 3.8) is 0 Å². The fourth-order valence-electron chi connectivity index (χ4n) is 4.10. The second-order valence-electron chi connectivity index (χ2n) is 6.63. The van der Waals surface area contributed by atoms with Crippen LogP contribution >= 0.6 is 0 Å². The zero-order valence-electron chi connectivity index (χ0n) is 12.7. The lowest BCUT2D eigenvalue weighted by molar-refractivity contribution is -0.0208. The molecule has 1 heterocycles. The Hall–Kier alpha value is -1.93. The summed E-state index contributed by atoms with van der Waals surface area (Å²) in [6, 6.07) is 21.1. The second-order valence-corrected chi connectivity index (χ2v) is 6.63. The monoisotopic (exact) mass is 291 g/mol. The molecule has 2 bridgehead atoms. The molecule has 2 heteroatoms. The van der Waals surface area contributed by atoms with Crippen molar-refractivity contribution in [2.75, 3.05) is 0 Å². The Morgan fingerprint density at radius 1 is 0.955 bits per heavy atom. The Kier molecular flexibility index (Phi) is 3.34. The number of aliphatic imine (C=N–C) groups is 1. The first kappa shape index (κ1) is 13.7. The third kappa shape index (κ3) is 2.48. The maximum atomic E-state index is 10.8. The summed E-state index contributed by atoms with van der Waals surface area (Å²) in [5.41, 5.74) is 2.78. The summed E-state index contributed by atoms with van der Waals surface area (Å²) in [4.78, 5) is 4.70. The Morgan fingerprint density at radius 3 is 2.36 bits per heavy atom. The van der Waals surface area contributed by atoms with Gasteiger partial charge in [0.05, 0.1) is 0 Å². The average molecular weight is 291 g/mol. The van der Waals surface area contributed by atoms with Crippen LogP contribution < -0.4 is 0 Å². The van der Waals surface area contributed by atoms with E-state index in [-0.39, 0.29) is 0 Å². The molecule has 1 aliphatic heterocycles. The first-order valence-electron chi connectivity index (χ1n) is 8.15. The first-order valence-corrected chi connectivity index (χ1v) is 8.15. The lowest BCUT2D eigenvalue weighted by atomic mass is 9.68. The normalized spacial score (nSPS) is 30.7. The minimum atomic E-state index is -0.848. The zero-order valence-corrected chi connectivity index (χ0v) is 12.7. The molecule has 22 heavy (non-hydrogen) atoms. The molecule has 1 saturated carbocycles. The molecule has 0 unspecified atom stereocenters. The van der Waals surface area contributed by atoms with Gasteiger partial charge in [-0.1, -0.05) is 60.7 Å². The van der Waals surface area contributed by atoms with Crippen LogP contribution in [0.25, 0.3) is 0 Å². The van der Waals surface area contributed by atoms with Gasteiger partial charge in [-0.2, -0.15) is 0 Å². The van der Waals surface area contributed by atoms with Gasteiger partial charge in [-0.15, -0.1) is 0 Å². The summed E-state index contributed by atoms with van der Waals surface area (Å²) in [7, 11) is 0. The van der Waals surface area contributed by atoms with E-state index >= 15 is 0 Å². The van der Waals surface area contributed by atoms with Crippen molar-refractivity contribution in [2.45, 2.75) is 37.3 Å². The van der Waals surface area contributed by atoms with E-state index in [1.165, 1.54) is 5.56 Å². The predicted octanol–water partition coefficient (Wildman–Crippen LogP) is 4.15. The predicted molar refractivity (Wildman–Crippen MR) is 89.1 cm³/mol. The van der Waals surface area contributed by atoms with Crippen LogP contribution in [-0.2, 0) is 0 Å². The molecule has 2 aliphatic rings. The highest BCUT2D eigenvalue weighted by atomic mass is 16.3. The van der Waals surface area contributed by atoms with E-state index in [0.717, 1.165) is 37.0 Å². The highest BCUT2D eigenvalue weighted by molar-refractivity contribution is 6.01. The summed E-state index contributed by atoms with van der Waals surface area (Å²) < 4.78 is 0. The van der Waals surface area contributed by atoms with Gasteiger partial charge in [0.25, 0.3) is 0 Å². The van der Waals surface area contributed by atoms with Crippen LogP contribution in [0.1, 0.15) is 42.7 Å². The molecule has 112 valence electrons. The largest absolute Gasteiger partial charge is 0.369 e. The van der Waals surface area contributed by atoms with Gasteiger partial charge in [0, 0.05) is 12.1 Å². The minimum absolute atomic E-state index is 0.480. The van der Waals surface area contributed by atoms with Gasteiger partial charge in [0.15, 0.2) is 5.72 Å². The van der Waals surface area contributed by atoms with Gasteiger partial charge in [-0.05, 0) is 42.2 Å². The SMILES string of the molecule is O[C@]12CC[C@@H](c3ccccc3)[C@H](CC(c3ccccc3)=N1)C2. The molecule has 1 aliphatic carbocycles. The number of nitrogens with zero attached hydrogens (tertiary/aromatic N) is 1. The van der Waals surface area contributed by atoms with Crippen molar-refractivity contribution in [3.05, 3.63) is 71.8 Å². The van der Waals surface area contributed by atoms with Gasteiger partial charge in [-0.25, -0.2) is 0 Å². The molecular weight excluding hydrogens is 270 g/mol. The van der Waals surface area contributed by atoms with Crippen LogP contribution in [0.5, 0.6) is 0 Å². The summed E-state index contributed by atoms with van der Waals surface area (Å²) in [6.45, 7) is 0. The smallest absolute Gasteiger partial charge is 0.156 e. The second kappa shape index (κ2) is 5.36. The number of aliphatic hydroxyl groups is 1. The summed E-state index contributed by atoms with van der Waals surface area (Å²) in [5, 5.41) is 10.8. The molecule has 0 radical (unpaired) electrons. The molecular formula is C20H21NO. The zero-order chi connectivity index (χ0) is 15.0. The molecule has 2 nitrogen and oxygen atoms in total. The van der Waals surface area contributed by atoms with E-state index in [1.807, 2.05) is 18.2 Å². The first-order chi connectivity index (χ1) is 10.7. The summed E-state index contributed by atoms with van der Waals surface area (Å²) in [6.07, 6.45) is 3.55. The van der Waals surface area contributed by atoms with Crippen LogP contribution in [0.2, 0.25) is 0 Å². The molecule has 1 N–H and O–H groups in total. The molecule has 0 aromatic heterocycles. The Bertz CT molecular complexity index is 679.